The maximum Gasteiger partial charge on any atom is 0.199 e. The van der Waals surface area contributed by atoms with Gasteiger partial charge in [0, 0.05) is 25.8 Å². The molecular formula is C19H23NO3. The second-order valence-corrected chi connectivity index (χ2v) is 6.92. The molecule has 2 aliphatic heterocycles. The van der Waals surface area contributed by atoms with Crippen molar-refractivity contribution in [1.82, 2.24) is 0 Å². The molecule has 4 rings (SSSR count). The lowest BCUT2D eigenvalue weighted by Crippen LogP contribution is -2.47. The van der Waals surface area contributed by atoms with Crippen molar-refractivity contribution >= 4 is 16.9 Å². The molecule has 0 unspecified atom stereocenters. The van der Waals surface area contributed by atoms with Gasteiger partial charge in [0.1, 0.15) is 5.58 Å². The van der Waals surface area contributed by atoms with Gasteiger partial charge in [-0.2, -0.15) is 0 Å². The van der Waals surface area contributed by atoms with Gasteiger partial charge in [0.05, 0.1) is 11.0 Å². The Bertz CT molecular complexity index is 764. The Morgan fingerprint density at radius 1 is 1.09 bits per heavy atom. The first kappa shape index (κ1) is 14.8. The fourth-order valence-electron chi connectivity index (χ4n) is 3.85. The summed E-state index contributed by atoms with van der Waals surface area (Å²) in [6.45, 7) is 4.66. The molecule has 2 aromatic rings. The third-order valence-electron chi connectivity index (χ3n) is 5.29. The van der Waals surface area contributed by atoms with E-state index in [9.17, 15) is 4.79 Å². The molecule has 0 bridgehead atoms. The van der Waals surface area contributed by atoms with Crippen molar-refractivity contribution in [2.24, 2.45) is 0 Å². The second-order valence-electron chi connectivity index (χ2n) is 6.92. The molecule has 0 aliphatic carbocycles. The molecule has 2 aliphatic rings. The highest BCUT2D eigenvalue weighted by atomic mass is 16.5. The number of hydrogen-bond acceptors (Lipinski definition) is 4. The Hall–Kier alpha value is -1.81. The van der Waals surface area contributed by atoms with Gasteiger partial charge >= 0.3 is 0 Å². The average molecular weight is 313 g/mol. The summed E-state index contributed by atoms with van der Waals surface area (Å²) >= 11 is 0. The maximum atomic E-state index is 12.4. The van der Waals surface area contributed by atoms with Crippen LogP contribution in [0, 0.1) is 6.92 Å². The highest BCUT2D eigenvalue weighted by molar-refractivity contribution is 5.78. The minimum absolute atomic E-state index is 0.0409. The molecule has 1 aromatic carbocycles. The van der Waals surface area contributed by atoms with Gasteiger partial charge in [0.15, 0.2) is 11.3 Å². The van der Waals surface area contributed by atoms with Crippen LogP contribution in [0.5, 0.6) is 0 Å². The number of rotatable bonds is 1. The minimum atomic E-state index is 0.0409. The number of nitrogens with zero attached hydrogens (tertiary/aromatic N) is 1. The molecule has 23 heavy (non-hydrogen) atoms. The summed E-state index contributed by atoms with van der Waals surface area (Å²) in [5.41, 5.74) is 1.86. The van der Waals surface area contributed by atoms with Crippen molar-refractivity contribution < 1.29 is 9.15 Å². The summed E-state index contributed by atoms with van der Waals surface area (Å²) in [6.07, 6.45) is 5.65. The zero-order chi connectivity index (χ0) is 15.9. The third-order valence-corrected chi connectivity index (χ3v) is 5.29. The van der Waals surface area contributed by atoms with Crippen molar-refractivity contribution in [2.45, 2.75) is 44.6 Å². The van der Waals surface area contributed by atoms with Crippen LogP contribution in [-0.4, -0.2) is 25.3 Å². The summed E-state index contributed by atoms with van der Waals surface area (Å²) in [6, 6.07) is 7.41. The van der Waals surface area contributed by atoms with Crippen LogP contribution in [0.3, 0.4) is 0 Å². The predicted octanol–water partition coefficient (Wildman–Crippen LogP) is 3.64. The Balaban J connectivity index is 1.58. The molecule has 0 N–H and O–H groups in total. The summed E-state index contributed by atoms with van der Waals surface area (Å²) in [5, 5.41) is 0.665. The molecule has 0 saturated carbocycles. The normalized spacial score (nSPS) is 21.0. The molecule has 4 nitrogen and oxygen atoms in total. The van der Waals surface area contributed by atoms with Gasteiger partial charge in [-0.05, 0) is 51.2 Å². The lowest BCUT2D eigenvalue weighted by atomic mass is 9.84. The van der Waals surface area contributed by atoms with Crippen LogP contribution in [0.2, 0.25) is 0 Å². The Morgan fingerprint density at radius 3 is 2.65 bits per heavy atom. The van der Waals surface area contributed by atoms with Crippen LogP contribution in [0.15, 0.2) is 33.5 Å². The van der Waals surface area contributed by atoms with E-state index in [1.165, 1.54) is 19.3 Å². The number of benzene rings is 1. The van der Waals surface area contributed by atoms with Gasteiger partial charge in [-0.3, -0.25) is 4.79 Å². The van der Waals surface area contributed by atoms with Crippen LogP contribution < -0.4 is 10.3 Å². The lowest BCUT2D eigenvalue weighted by Gasteiger charge is -2.44. The van der Waals surface area contributed by atoms with E-state index in [4.69, 9.17) is 9.15 Å². The molecule has 4 heteroatoms. The molecule has 0 atom stereocenters. The van der Waals surface area contributed by atoms with Crippen molar-refractivity contribution in [2.75, 3.05) is 24.6 Å². The summed E-state index contributed by atoms with van der Waals surface area (Å²) in [7, 11) is 0. The number of aryl methyl sites for hydroxylation is 1. The Kier molecular flexibility index (Phi) is 3.64. The van der Waals surface area contributed by atoms with Gasteiger partial charge in [-0.15, -0.1) is 0 Å². The van der Waals surface area contributed by atoms with E-state index >= 15 is 0 Å². The van der Waals surface area contributed by atoms with Crippen LogP contribution in [0.4, 0.5) is 5.88 Å². The van der Waals surface area contributed by atoms with E-state index in [2.05, 4.69) is 4.90 Å². The molecule has 2 fully saturated rings. The Labute approximate surface area is 136 Å². The maximum absolute atomic E-state index is 12.4. The predicted molar refractivity (Wildman–Crippen MR) is 91.2 cm³/mol. The molecule has 1 aromatic heterocycles. The molecule has 3 heterocycles. The molecule has 0 amide bonds. The largest absolute Gasteiger partial charge is 0.440 e. The van der Waals surface area contributed by atoms with E-state index < -0.39 is 0 Å². The first-order valence-corrected chi connectivity index (χ1v) is 8.59. The van der Waals surface area contributed by atoms with Crippen molar-refractivity contribution in [3.8, 4) is 0 Å². The second kappa shape index (κ2) is 5.68. The van der Waals surface area contributed by atoms with E-state index in [1.807, 2.05) is 25.1 Å². The standard InChI is InChI=1S/C19H23NO3/c1-14-4-5-17-15(12-14)16(21)13-18(23-17)20-9-7-19(8-10-20)6-2-3-11-22-19/h4-5,12-13H,2-3,6-11H2,1H3. The van der Waals surface area contributed by atoms with Crippen molar-refractivity contribution in [3.63, 3.8) is 0 Å². The number of fused-ring (bicyclic) bond motifs is 1. The molecule has 2 saturated heterocycles. The van der Waals surface area contributed by atoms with Gasteiger partial charge in [0.2, 0.25) is 0 Å². The van der Waals surface area contributed by atoms with E-state index in [-0.39, 0.29) is 11.0 Å². The van der Waals surface area contributed by atoms with E-state index in [1.54, 1.807) is 6.07 Å². The van der Waals surface area contributed by atoms with Crippen LogP contribution >= 0.6 is 0 Å². The van der Waals surface area contributed by atoms with E-state index in [0.717, 1.165) is 38.1 Å². The third kappa shape index (κ3) is 2.76. The first-order valence-electron chi connectivity index (χ1n) is 8.59. The number of anilines is 1. The van der Waals surface area contributed by atoms with Crippen LogP contribution in [0.1, 0.15) is 37.7 Å². The SMILES string of the molecule is Cc1ccc2oc(N3CCC4(CCCCO4)CC3)cc(=O)c2c1. The fourth-order valence-corrected chi connectivity index (χ4v) is 3.85. The van der Waals surface area contributed by atoms with Gasteiger partial charge in [0.25, 0.3) is 0 Å². The molecular weight excluding hydrogens is 290 g/mol. The zero-order valence-corrected chi connectivity index (χ0v) is 13.6. The monoisotopic (exact) mass is 313 g/mol. The smallest absolute Gasteiger partial charge is 0.199 e. The lowest BCUT2D eigenvalue weighted by molar-refractivity contribution is -0.0922. The first-order chi connectivity index (χ1) is 11.2. The van der Waals surface area contributed by atoms with Gasteiger partial charge in [-0.25, -0.2) is 0 Å². The van der Waals surface area contributed by atoms with Gasteiger partial charge in [-0.1, -0.05) is 11.6 Å². The zero-order valence-electron chi connectivity index (χ0n) is 13.6. The quantitative estimate of drug-likeness (QED) is 0.806. The minimum Gasteiger partial charge on any atom is -0.440 e. The number of piperidine rings is 1. The highest BCUT2D eigenvalue weighted by Crippen LogP contribution is 2.36. The summed E-state index contributed by atoms with van der Waals surface area (Å²) < 4.78 is 12.1. The number of ether oxygens (including phenoxy) is 1. The summed E-state index contributed by atoms with van der Waals surface area (Å²) in [5.74, 6) is 0.692. The topological polar surface area (TPSA) is 42.7 Å². The van der Waals surface area contributed by atoms with Gasteiger partial charge < -0.3 is 14.1 Å². The fraction of sp³-hybridized carbons (Fsp3) is 0.526. The summed E-state index contributed by atoms with van der Waals surface area (Å²) in [4.78, 5) is 14.6. The van der Waals surface area contributed by atoms with Crippen LogP contribution in [0.25, 0.3) is 11.0 Å². The van der Waals surface area contributed by atoms with Crippen molar-refractivity contribution in [1.29, 1.82) is 0 Å². The highest BCUT2D eigenvalue weighted by Gasteiger charge is 2.37. The van der Waals surface area contributed by atoms with E-state index in [0.29, 0.717) is 16.9 Å². The van der Waals surface area contributed by atoms with Crippen molar-refractivity contribution in [3.05, 3.63) is 40.1 Å². The molecule has 0 radical (unpaired) electrons. The molecule has 122 valence electrons. The number of hydrogen-bond donors (Lipinski definition) is 0. The Morgan fingerprint density at radius 2 is 1.91 bits per heavy atom. The average Bonchev–Trinajstić information content (AvgIpc) is 2.57. The molecule has 1 spiro atoms. The van der Waals surface area contributed by atoms with Crippen LogP contribution in [-0.2, 0) is 4.74 Å².